The predicted octanol–water partition coefficient (Wildman–Crippen LogP) is 5.00. The number of carbonyl (C=O) groups excluding carboxylic acids is 2. The summed E-state index contributed by atoms with van der Waals surface area (Å²) in [5, 5.41) is 5.31. The van der Waals surface area contributed by atoms with Crippen LogP contribution in [0.3, 0.4) is 0 Å². The molecule has 0 saturated heterocycles. The molecule has 3 saturated carbocycles. The van der Waals surface area contributed by atoms with E-state index in [0.717, 1.165) is 51.0 Å². The zero-order chi connectivity index (χ0) is 26.0. The molecule has 6 nitrogen and oxygen atoms in total. The highest BCUT2D eigenvalue weighted by Crippen LogP contribution is 2.49. The number of fused-ring (bicyclic) bond motifs is 2. The first-order valence-electron chi connectivity index (χ1n) is 12.7. The number of carbonyl (C=O) groups is 2. The summed E-state index contributed by atoms with van der Waals surface area (Å²) in [7, 11) is 1.34. The Morgan fingerprint density at radius 1 is 1.03 bits per heavy atom. The maximum atomic E-state index is 14.7. The lowest BCUT2D eigenvalue weighted by Crippen LogP contribution is -2.50. The average molecular weight is 515 g/mol. The lowest BCUT2D eigenvalue weighted by molar-refractivity contribution is -0.137. The van der Waals surface area contributed by atoms with Crippen LogP contribution < -0.4 is 20.1 Å². The highest BCUT2D eigenvalue weighted by atomic mass is 19.4. The number of methoxy groups -OCH3 is 1. The number of hydrogen-bond donors (Lipinski definition) is 2. The van der Waals surface area contributed by atoms with E-state index in [4.69, 9.17) is 9.47 Å². The van der Waals surface area contributed by atoms with E-state index in [-0.39, 0.29) is 35.0 Å². The van der Waals surface area contributed by atoms with Crippen molar-refractivity contribution in [1.82, 2.24) is 10.6 Å². The van der Waals surface area contributed by atoms with Crippen LogP contribution >= 0.6 is 0 Å². The number of hydrogen-bond acceptors (Lipinski definition) is 4. The normalized spacial score (nSPS) is 29.6. The molecule has 36 heavy (non-hydrogen) atoms. The summed E-state index contributed by atoms with van der Waals surface area (Å²) in [5.74, 6) is -1.53. The van der Waals surface area contributed by atoms with Crippen molar-refractivity contribution in [3.05, 3.63) is 23.5 Å². The lowest BCUT2D eigenvalue weighted by Gasteiger charge is -2.31. The molecule has 200 valence electrons. The zero-order valence-electron chi connectivity index (χ0n) is 20.6. The average Bonchev–Trinajstić information content (AvgIpc) is 3.42. The SMILES string of the molecule is COc1cc(F)c(O[C@H]2CC[C@H](C)CC2)cc1C(=O)N[C@@H]1[C@H]2CC[C@H](C2)[C@@H]1C(=O)NCCC(F)(F)F. The van der Waals surface area contributed by atoms with Gasteiger partial charge in [0.05, 0.1) is 31.1 Å². The maximum absolute atomic E-state index is 14.7. The molecule has 0 radical (unpaired) electrons. The summed E-state index contributed by atoms with van der Waals surface area (Å²) >= 11 is 0. The Bertz CT molecular complexity index is 962. The number of rotatable bonds is 8. The number of alkyl halides is 3. The van der Waals surface area contributed by atoms with Crippen LogP contribution in [-0.4, -0.2) is 43.8 Å². The topological polar surface area (TPSA) is 76.7 Å². The molecule has 4 rings (SSSR count). The molecule has 3 fully saturated rings. The van der Waals surface area contributed by atoms with Gasteiger partial charge < -0.3 is 20.1 Å². The van der Waals surface area contributed by atoms with Gasteiger partial charge in [-0.2, -0.15) is 13.2 Å². The number of benzene rings is 1. The van der Waals surface area contributed by atoms with Gasteiger partial charge in [0.1, 0.15) is 5.75 Å². The third-order valence-electron chi connectivity index (χ3n) is 7.98. The molecule has 0 aliphatic heterocycles. The molecular formula is C26H34F4N2O4. The van der Waals surface area contributed by atoms with Crippen molar-refractivity contribution in [1.29, 1.82) is 0 Å². The Morgan fingerprint density at radius 3 is 2.39 bits per heavy atom. The smallest absolute Gasteiger partial charge is 0.390 e. The first-order chi connectivity index (χ1) is 17.1. The van der Waals surface area contributed by atoms with E-state index in [1.54, 1.807) is 0 Å². The molecule has 1 aromatic carbocycles. The van der Waals surface area contributed by atoms with Crippen LogP contribution in [-0.2, 0) is 4.79 Å². The van der Waals surface area contributed by atoms with E-state index < -0.39 is 48.7 Å². The number of ether oxygens (including phenoxy) is 2. The van der Waals surface area contributed by atoms with Crippen molar-refractivity contribution < 1.29 is 36.6 Å². The molecule has 0 unspecified atom stereocenters. The molecule has 10 heteroatoms. The van der Waals surface area contributed by atoms with Gasteiger partial charge in [-0.3, -0.25) is 9.59 Å². The molecule has 2 bridgehead atoms. The fourth-order valence-corrected chi connectivity index (χ4v) is 6.05. The Labute approximate surface area is 208 Å². The molecule has 3 aliphatic carbocycles. The van der Waals surface area contributed by atoms with Crippen LogP contribution in [0.2, 0.25) is 0 Å². The van der Waals surface area contributed by atoms with Gasteiger partial charge in [-0.25, -0.2) is 4.39 Å². The summed E-state index contributed by atoms with van der Waals surface area (Å²) in [6.07, 6.45) is 0.375. The second kappa shape index (κ2) is 10.8. The molecule has 0 heterocycles. The molecule has 2 N–H and O–H groups in total. The highest BCUT2D eigenvalue weighted by molar-refractivity contribution is 5.98. The van der Waals surface area contributed by atoms with Gasteiger partial charge in [-0.05, 0) is 68.8 Å². The van der Waals surface area contributed by atoms with Gasteiger partial charge in [-0.15, -0.1) is 0 Å². The van der Waals surface area contributed by atoms with Gasteiger partial charge in [0.15, 0.2) is 11.6 Å². The monoisotopic (exact) mass is 514 g/mol. The van der Waals surface area contributed by atoms with Gasteiger partial charge in [0.25, 0.3) is 5.91 Å². The summed E-state index contributed by atoms with van der Waals surface area (Å²) in [6, 6.07) is 1.95. The second-order valence-corrected chi connectivity index (χ2v) is 10.5. The van der Waals surface area contributed by atoms with Crippen LogP contribution in [0.4, 0.5) is 17.6 Å². The molecule has 0 aromatic heterocycles. The largest absolute Gasteiger partial charge is 0.496 e. The molecular weight excluding hydrogens is 480 g/mol. The molecule has 0 spiro atoms. The number of halogens is 4. The van der Waals surface area contributed by atoms with Crippen LogP contribution in [0.25, 0.3) is 0 Å². The minimum absolute atomic E-state index is 0.00823. The second-order valence-electron chi connectivity index (χ2n) is 10.5. The van der Waals surface area contributed by atoms with E-state index in [0.29, 0.717) is 5.92 Å². The van der Waals surface area contributed by atoms with Gasteiger partial charge in [0.2, 0.25) is 5.91 Å². The molecule has 3 aliphatic rings. The van der Waals surface area contributed by atoms with Crippen molar-refractivity contribution in [2.24, 2.45) is 23.7 Å². The van der Waals surface area contributed by atoms with E-state index in [1.807, 2.05) is 0 Å². The predicted molar refractivity (Wildman–Crippen MR) is 124 cm³/mol. The molecule has 4 atom stereocenters. The van der Waals surface area contributed by atoms with Crippen molar-refractivity contribution in [3.8, 4) is 11.5 Å². The third kappa shape index (κ3) is 6.06. The third-order valence-corrected chi connectivity index (χ3v) is 7.98. The van der Waals surface area contributed by atoms with Crippen LogP contribution in [0.5, 0.6) is 11.5 Å². The van der Waals surface area contributed by atoms with E-state index in [9.17, 15) is 27.2 Å². The van der Waals surface area contributed by atoms with Crippen LogP contribution in [0.15, 0.2) is 12.1 Å². The fraction of sp³-hybridized carbons (Fsp3) is 0.692. The van der Waals surface area contributed by atoms with Gasteiger partial charge >= 0.3 is 6.18 Å². The Hall–Kier alpha value is -2.52. The zero-order valence-corrected chi connectivity index (χ0v) is 20.6. The highest BCUT2D eigenvalue weighted by Gasteiger charge is 2.51. The van der Waals surface area contributed by atoms with Crippen LogP contribution in [0.1, 0.15) is 68.6 Å². The fourth-order valence-electron chi connectivity index (χ4n) is 6.05. The van der Waals surface area contributed by atoms with Crippen molar-refractivity contribution in [2.75, 3.05) is 13.7 Å². The van der Waals surface area contributed by atoms with Gasteiger partial charge in [0, 0.05) is 18.7 Å². The standard InChI is InChI=1S/C26H34F4N2O4/c1-14-3-7-17(8-4-14)36-21-12-18(20(35-2)13-19(21)27)24(33)32-23-16-6-5-15(11-16)22(23)25(34)31-10-9-26(28,29)30/h12-17,22-23H,3-11H2,1-2H3,(H,31,34)(H,32,33)/t14-,15-,16+,17-,22+,23-/m1/s1. The lowest BCUT2D eigenvalue weighted by atomic mass is 9.83. The van der Waals surface area contributed by atoms with Crippen molar-refractivity contribution in [3.63, 3.8) is 0 Å². The van der Waals surface area contributed by atoms with Crippen LogP contribution in [0, 0.1) is 29.5 Å². The molecule has 2 amide bonds. The van der Waals surface area contributed by atoms with Crippen molar-refractivity contribution >= 4 is 11.8 Å². The minimum Gasteiger partial charge on any atom is -0.496 e. The Kier molecular flexibility index (Phi) is 7.99. The first-order valence-corrected chi connectivity index (χ1v) is 12.7. The number of nitrogens with one attached hydrogen (secondary N) is 2. The first kappa shape index (κ1) is 26.5. The summed E-state index contributed by atoms with van der Waals surface area (Å²) in [4.78, 5) is 26.1. The van der Waals surface area contributed by atoms with Gasteiger partial charge in [-0.1, -0.05) is 6.92 Å². The molecule has 1 aromatic rings. The Morgan fingerprint density at radius 2 is 1.72 bits per heavy atom. The minimum atomic E-state index is -4.36. The summed E-state index contributed by atoms with van der Waals surface area (Å²) in [5.41, 5.74) is 0.0945. The van der Waals surface area contributed by atoms with E-state index in [2.05, 4.69) is 17.6 Å². The summed E-state index contributed by atoms with van der Waals surface area (Å²) < 4.78 is 63.4. The van der Waals surface area contributed by atoms with E-state index in [1.165, 1.54) is 13.2 Å². The summed E-state index contributed by atoms with van der Waals surface area (Å²) in [6.45, 7) is 1.68. The Balaban J connectivity index is 1.47. The maximum Gasteiger partial charge on any atom is 0.390 e. The van der Waals surface area contributed by atoms with Crippen molar-refractivity contribution in [2.45, 2.75) is 76.6 Å². The quantitative estimate of drug-likeness (QED) is 0.479. The number of amides is 2. The van der Waals surface area contributed by atoms with E-state index >= 15 is 0 Å².